The van der Waals surface area contributed by atoms with Gasteiger partial charge in [-0.3, -0.25) is 0 Å². The first-order chi connectivity index (χ1) is 25.0. The lowest BCUT2D eigenvalue weighted by Crippen LogP contribution is -2.10. The Morgan fingerprint density at radius 2 is 0.922 bits per heavy atom. The van der Waals surface area contributed by atoms with Gasteiger partial charge in [0.05, 0.1) is 11.0 Å². The number of nitrogens with zero attached hydrogens (tertiary/aromatic N) is 1. The fraction of sp³-hybridized carbons (Fsp3) is 0.0800. The van der Waals surface area contributed by atoms with E-state index in [1.165, 1.54) is 92.7 Å². The molecule has 1 heterocycles. The quantitative estimate of drug-likeness (QED) is 0.168. The van der Waals surface area contributed by atoms with Gasteiger partial charge in [-0.2, -0.15) is 0 Å². The summed E-state index contributed by atoms with van der Waals surface area (Å²) in [6.07, 6.45) is 0. The normalized spacial score (nSPS) is 12.2. The van der Waals surface area contributed by atoms with Crippen molar-refractivity contribution in [1.29, 1.82) is 0 Å². The third kappa shape index (κ3) is 4.55. The number of aromatic nitrogens is 1. The van der Waals surface area contributed by atoms with Gasteiger partial charge in [-0.1, -0.05) is 172 Å². The Labute approximate surface area is 298 Å². The molecule has 0 bridgehead atoms. The Morgan fingerprint density at radius 3 is 1.55 bits per heavy atom. The molecule has 0 N–H and O–H groups in total. The van der Waals surface area contributed by atoms with Crippen LogP contribution in [0.2, 0.25) is 0 Å². The molecule has 0 fully saturated rings. The van der Waals surface area contributed by atoms with Crippen LogP contribution in [-0.4, -0.2) is 4.57 Å². The first-order valence-electron chi connectivity index (χ1n) is 17.9. The first kappa shape index (κ1) is 29.7. The third-order valence-corrected chi connectivity index (χ3v) is 10.9. The Hall–Kier alpha value is -6.18. The molecule has 10 aromatic rings. The molecule has 1 aromatic heterocycles. The van der Waals surface area contributed by atoms with Crippen LogP contribution in [-0.2, 0) is 5.41 Å². The molecule has 0 aliphatic carbocycles. The molecule has 0 atom stereocenters. The van der Waals surface area contributed by atoms with Gasteiger partial charge in [-0.25, -0.2) is 0 Å². The second-order valence-corrected chi connectivity index (χ2v) is 14.9. The minimum absolute atomic E-state index is 0.0909. The molecule has 51 heavy (non-hydrogen) atoms. The minimum atomic E-state index is 0.0909. The summed E-state index contributed by atoms with van der Waals surface area (Å²) in [6, 6.07) is 63.0. The lowest BCUT2D eigenvalue weighted by molar-refractivity contribution is 0.591. The highest BCUT2D eigenvalue weighted by atomic mass is 15.0. The molecular weight excluding hydrogens is 615 g/mol. The lowest BCUT2D eigenvalue weighted by Gasteiger charge is -2.19. The Kier molecular flexibility index (Phi) is 6.51. The smallest absolute Gasteiger partial charge is 0.0619 e. The molecule has 1 nitrogen and oxygen atoms in total. The SMILES string of the molecule is CC(C)(C)c1ccc2c(ccc3c2c2ccc4ccccc4c2n3-c2ccc(-c3c4ccccc4c(-c4ccccc4)c4ccccc34)cc2)c1. The highest BCUT2D eigenvalue weighted by Gasteiger charge is 2.20. The fourth-order valence-corrected chi connectivity index (χ4v) is 8.47. The average Bonchev–Trinajstić information content (AvgIpc) is 3.52. The van der Waals surface area contributed by atoms with Crippen LogP contribution in [0.25, 0.3) is 92.8 Å². The van der Waals surface area contributed by atoms with Gasteiger partial charge in [-0.05, 0) is 89.1 Å². The van der Waals surface area contributed by atoms with Crippen LogP contribution in [0.3, 0.4) is 0 Å². The van der Waals surface area contributed by atoms with Gasteiger partial charge in [0.1, 0.15) is 0 Å². The molecule has 10 rings (SSSR count). The molecule has 0 amide bonds. The predicted molar refractivity (Wildman–Crippen MR) is 220 cm³/mol. The van der Waals surface area contributed by atoms with E-state index in [4.69, 9.17) is 0 Å². The van der Waals surface area contributed by atoms with Crippen LogP contribution in [0.1, 0.15) is 26.3 Å². The molecule has 0 saturated heterocycles. The minimum Gasteiger partial charge on any atom is -0.309 e. The van der Waals surface area contributed by atoms with E-state index in [0.717, 1.165) is 5.69 Å². The van der Waals surface area contributed by atoms with E-state index in [0.29, 0.717) is 0 Å². The van der Waals surface area contributed by atoms with Crippen LogP contribution in [0.5, 0.6) is 0 Å². The Bertz CT molecular complexity index is 2920. The zero-order chi connectivity index (χ0) is 34.3. The maximum Gasteiger partial charge on any atom is 0.0619 e. The van der Waals surface area contributed by atoms with Gasteiger partial charge >= 0.3 is 0 Å². The maximum absolute atomic E-state index is 2.49. The molecule has 0 saturated carbocycles. The zero-order valence-electron chi connectivity index (χ0n) is 29.1. The summed E-state index contributed by atoms with van der Waals surface area (Å²) in [5, 5.41) is 12.8. The molecule has 0 unspecified atom stereocenters. The number of hydrogen-bond acceptors (Lipinski definition) is 0. The molecule has 0 radical (unpaired) electrons. The van der Waals surface area contributed by atoms with E-state index >= 15 is 0 Å². The Balaban J connectivity index is 1.23. The summed E-state index contributed by atoms with van der Waals surface area (Å²) in [7, 11) is 0. The largest absolute Gasteiger partial charge is 0.309 e. The molecule has 0 aliphatic rings. The molecule has 242 valence electrons. The average molecular weight is 652 g/mol. The van der Waals surface area contributed by atoms with Crippen LogP contribution in [0.4, 0.5) is 0 Å². The van der Waals surface area contributed by atoms with Crippen LogP contribution < -0.4 is 0 Å². The van der Waals surface area contributed by atoms with Crippen molar-refractivity contribution in [3.8, 4) is 27.9 Å². The van der Waals surface area contributed by atoms with E-state index in [1.54, 1.807) is 0 Å². The Morgan fingerprint density at radius 1 is 0.392 bits per heavy atom. The summed E-state index contributed by atoms with van der Waals surface area (Å²) < 4.78 is 2.49. The van der Waals surface area contributed by atoms with Gasteiger partial charge in [0.15, 0.2) is 0 Å². The van der Waals surface area contributed by atoms with Crippen molar-refractivity contribution in [2.75, 3.05) is 0 Å². The predicted octanol–water partition coefficient (Wildman–Crippen LogP) is 14.0. The molecule has 1 heteroatoms. The van der Waals surface area contributed by atoms with Crippen molar-refractivity contribution >= 4 is 64.9 Å². The highest BCUT2D eigenvalue weighted by Crippen LogP contribution is 2.45. The lowest BCUT2D eigenvalue weighted by atomic mass is 9.85. The van der Waals surface area contributed by atoms with E-state index < -0.39 is 0 Å². The van der Waals surface area contributed by atoms with Crippen molar-refractivity contribution in [3.63, 3.8) is 0 Å². The monoisotopic (exact) mass is 651 g/mol. The van der Waals surface area contributed by atoms with E-state index in [2.05, 4.69) is 195 Å². The van der Waals surface area contributed by atoms with Crippen molar-refractivity contribution in [1.82, 2.24) is 4.57 Å². The molecule has 0 aliphatic heterocycles. The van der Waals surface area contributed by atoms with Crippen LogP contribution >= 0.6 is 0 Å². The number of benzene rings is 9. The second-order valence-electron chi connectivity index (χ2n) is 14.9. The summed E-state index contributed by atoms with van der Waals surface area (Å²) in [5.74, 6) is 0. The van der Waals surface area contributed by atoms with Gasteiger partial charge in [0.2, 0.25) is 0 Å². The number of hydrogen-bond donors (Lipinski definition) is 0. The molecular formula is C50H37N. The summed E-state index contributed by atoms with van der Waals surface area (Å²) >= 11 is 0. The topological polar surface area (TPSA) is 4.93 Å². The highest BCUT2D eigenvalue weighted by molar-refractivity contribution is 6.26. The van der Waals surface area contributed by atoms with Crippen molar-refractivity contribution in [3.05, 3.63) is 175 Å². The van der Waals surface area contributed by atoms with Crippen LogP contribution in [0.15, 0.2) is 170 Å². The fourth-order valence-electron chi connectivity index (χ4n) is 8.47. The third-order valence-electron chi connectivity index (χ3n) is 10.9. The summed E-state index contributed by atoms with van der Waals surface area (Å²) in [5.41, 5.74) is 10.1. The second kappa shape index (κ2) is 11.2. The molecule has 9 aromatic carbocycles. The van der Waals surface area contributed by atoms with E-state index in [1.807, 2.05) is 0 Å². The number of fused-ring (bicyclic) bond motifs is 9. The first-order valence-corrected chi connectivity index (χ1v) is 17.9. The molecule has 0 spiro atoms. The van der Waals surface area contributed by atoms with Crippen molar-refractivity contribution < 1.29 is 0 Å². The van der Waals surface area contributed by atoms with Crippen LogP contribution in [0, 0.1) is 0 Å². The number of rotatable bonds is 3. The van der Waals surface area contributed by atoms with E-state index in [9.17, 15) is 0 Å². The summed E-state index contributed by atoms with van der Waals surface area (Å²) in [6.45, 7) is 6.87. The van der Waals surface area contributed by atoms with Gasteiger partial charge in [0.25, 0.3) is 0 Å². The van der Waals surface area contributed by atoms with Gasteiger partial charge < -0.3 is 4.57 Å². The maximum atomic E-state index is 2.49. The zero-order valence-corrected chi connectivity index (χ0v) is 29.1. The van der Waals surface area contributed by atoms with Gasteiger partial charge in [0, 0.05) is 21.8 Å². The standard InChI is InChI=1S/C50H37N/c1-50(2,3)36-25-29-38-35(31-36)24-30-45-48(38)44-28-23-32-13-7-8-16-39(32)49(44)51(45)37-26-21-34(22-27-37)47-42-19-11-9-17-40(42)46(33-14-5-4-6-15-33)41-18-10-12-20-43(41)47/h4-31H,1-3H3. The van der Waals surface area contributed by atoms with E-state index in [-0.39, 0.29) is 5.41 Å². The van der Waals surface area contributed by atoms with Gasteiger partial charge in [-0.15, -0.1) is 0 Å². The van der Waals surface area contributed by atoms with Crippen molar-refractivity contribution in [2.24, 2.45) is 0 Å². The van der Waals surface area contributed by atoms with Crippen molar-refractivity contribution in [2.45, 2.75) is 26.2 Å². The summed E-state index contributed by atoms with van der Waals surface area (Å²) in [4.78, 5) is 0.